The van der Waals surface area contributed by atoms with E-state index in [9.17, 15) is 18.0 Å². The average molecular weight is 486 g/mol. The summed E-state index contributed by atoms with van der Waals surface area (Å²) in [7, 11) is 1.58. The molecule has 0 bridgehead atoms. The fraction of sp³-hybridized carbons (Fsp3) is 0.529. The Kier molecular flexibility index (Phi) is 11.3. The molecule has 0 aliphatic heterocycles. The summed E-state index contributed by atoms with van der Waals surface area (Å²) in [6.45, 7) is 4.68. The minimum absolute atomic E-state index is 0. The number of carbonyl (C=O) groups excluding carboxylic acids is 1. The molecule has 1 aromatic carbocycles. The van der Waals surface area contributed by atoms with Gasteiger partial charge in [0.1, 0.15) is 0 Å². The van der Waals surface area contributed by atoms with E-state index in [4.69, 9.17) is 0 Å². The predicted molar refractivity (Wildman–Crippen MR) is 108 cm³/mol. The Labute approximate surface area is 169 Å². The summed E-state index contributed by atoms with van der Waals surface area (Å²) in [6.07, 6.45) is -3.15. The molecule has 26 heavy (non-hydrogen) atoms. The van der Waals surface area contributed by atoms with Gasteiger partial charge in [0.2, 0.25) is 5.91 Å². The third-order valence-corrected chi connectivity index (χ3v) is 3.63. The maximum Gasteiger partial charge on any atom is 0.416 e. The van der Waals surface area contributed by atoms with E-state index in [0.717, 1.165) is 18.6 Å². The minimum Gasteiger partial charge on any atom is -0.356 e. The molecule has 3 N–H and O–H groups in total. The van der Waals surface area contributed by atoms with E-state index in [0.29, 0.717) is 31.0 Å². The number of aliphatic imine (C=N–C) groups is 1. The van der Waals surface area contributed by atoms with Crippen molar-refractivity contribution in [2.24, 2.45) is 4.99 Å². The van der Waals surface area contributed by atoms with Gasteiger partial charge in [-0.15, -0.1) is 24.0 Å². The third kappa shape index (κ3) is 9.25. The molecule has 1 atom stereocenters. The lowest BCUT2D eigenvalue weighted by molar-refractivity contribution is -0.137. The van der Waals surface area contributed by atoms with Gasteiger partial charge < -0.3 is 16.0 Å². The first-order valence-electron chi connectivity index (χ1n) is 8.16. The van der Waals surface area contributed by atoms with Gasteiger partial charge in [0, 0.05) is 32.6 Å². The lowest BCUT2D eigenvalue weighted by atomic mass is 10.1. The van der Waals surface area contributed by atoms with Crippen molar-refractivity contribution in [3.63, 3.8) is 0 Å². The molecule has 5 nitrogen and oxygen atoms in total. The second-order valence-electron chi connectivity index (χ2n) is 5.67. The summed E-state index contributed by atoms with van der Waals surface area (Å²) in [6, 6.07) is 5.08. The van der Waals surface area contributed by atoms with E-state index in [1.807, 2.05) is 13.8 Å². The maximum atomic E-state index is 12.5. The number of nitrogens with zero attached hydrogens (tertiary/aromatic N) is 1. The lowest BCUT2D eigenvalue weighted by Crippen LogP contribution is -2.40. The predicted octanol–water partition coefficient (Wildman–Crippen LogP) is 3.29. The zero-order valence-corrected chi connectivity index (χ0v) is 17.4. The highest BCUT2D eigenvalue weighted by atomic mass is 127. The Morgan fingerprint density at radius 2 is 1.81 bits per heavy atom. The van der Waals surface area contributed by atoms with Crippen molar-refractivity contribution in [2.75, 3.05) is 13.6 Å². The van der Waals surface area contributed by atoms with Crippen molar-refractivity contribution in [1.82, 2.24) is 16.0 Å². The summed E-state index contributed by atoms with van der Waals surface area (Å²) in [5.74, 6) is 0.441. The number of guanidine groups is 1. The van der Waals surface area contributed by atoms with Gasteiger partial charge >= 0.3 is 6.18 Å². The van der Waals surface area contributed by atoms with Crippen molar-refractivity contribution in [3.8, 4) is 0 Å². The quantitative estimate of drug-likeness (QED) is 0.315. The van der Waals surface area contributed by atoms with Crippen molar-refractivity contribution in [2.45, 2.75) is 45.5 Å². The van der Waals surface area contributed by atoms with E-state index in [2.05, 4.69) is 20.9 Å². The number of hydrogen-bond donors (Lipinski definition) is 3. The Balaban J connectivity index is 0.00000625. The van der Waals surface area contributed by atoms with Crippen LogP contribution in [0.2, 0.25) is 0 Å². The van der Waals surface area contributed by atoms with Crippen LogP contribution in [-0.4, -0.2) is 31.5 Å². The normalized spacial score (nSPS) is 12.8. The summed E-state index contributed by atoms with van der Waals surface area (Å²) >= 11 is 0. The standard InChI is InChI=1S/C17H25F3N4O.HI/c1-4-12(2)24-15(25)9-10-22-16(21-3)23-11-13-5-7-14(8-6-13)17(18,19)20;/h5-8,12H,4,9-11H2,1-3H3,(H,24,25)(H2,21,22,23);1H. The van der Waals surface area contributed by atoms with Crippen LogP contribution in [0.5, 0.6) is 0 Å². The van der Waals surface area contributed by atoms with Crippen LogP contribution in [0.1, 0.15) is 37.8 Å². The van der Waals surface area contributed by atoms with E-state index in [-0.39, 0.29) is 35.9 Å². The zero-order chi connectivity index (χ0) is 18.9. The number of benzene rings is 1. The van der Waals surface area contributed by atoms with E-state index < -0.39 is 11.7 Å². The van der Waals surface area contributed by atoms with Crippen LogP contribution in [-0.2, 0) is 17.5 Å². The smallest absolute Gasteiger partial charge is 0.356 e. The summed E-state index contributed by atoms with van der Waals surface area (Å²) in [4.78, 5) is 15.7. The van der Waals surface area contributed by atoms with Gasteiger partial charge in [-0.1, -0.05) is 19.1 Å². The van der Waals surface area contributed by atoms with Crippen LogP contribution in [0.15, 0.2) is 29.3 Å². The molecule has 1 amide bonds. The largest absolute Gasteiger partial charge is 0.416 e. The molecule has 0 radical (unpaired) electrons. The SMILES string of the molecule is CCC(C)NC(=O)CCNC(=NC)NCc1ccc(C(F)(F)F)cc1.I. The highest BCUT2D eigenvalue weighted by Crippen LogP contribution is 2.28. The average Bonchev–Trinajstić information content (AvgIpc) is 2.57. The maximum absolute atomic E-state index is 12.5. The summed E-state index contributed by atoms with van der Waals surface area (Å²) in [5.41, 5.74) is 0.0246. The Bertz CT molecular complexity index is 576. The molecule has 0 aliphatic carbocycles. The number of rotatable bonds is 7. The molecular weight excluding hydrogens is 460 g/mol. The first-order valence-corrected chi connectivity index (χ1v) is 8.16. The van der Waals surface area contributed by atoms with E-state index >= 15 is 0 Å². The lowest BCUT2D eigenvalue weighted by Gasteiger charge is -2.14. The van der Waals surface area contributed by atoms with Crippen LogP contribution >= 0.6 is 24.0 Å². The fourth-order valence-corrected chi connectivity index (χ4v) is 1.96. The van der Waals surface area contributed by atoms with Crippen molar-refractivity contribution >= 4 is 35.8 Å². The van der Waals surface area contributed by atoms with Gasteiger partial charge in [0.25, 0.3) is 0 Å². The highest BCUT2D eigenvalue weighted by molar-refractivity contribution is 14.0. The molecule has 1 rings (SSSR count). The molecule has 0 spiro atoms. The molecule has 0 heterocycles. The van der Waals surface area contributed by atoms with Gasteiger partial charge in [-0.25, -0.2) is 0 Å². The Hall–Kier alpha value is -1.52. The molecule has 1 aromatic rings. The Morgan fingerprint density at radius 1 is 1.19 bits per heavy atom. The number of carbonyl (C=O) groups is 1. The molecule has 148 valence electrons. The molecule has 0 saturated heterocycles. The Morgan fingerprint density at radius 3 is 2.31 bits per heavy atom. The third-order valence-electron chi connectivity index (χ3n) is 3.63. The van der Waals surface area contributed by atoms with Gasteiger partial charge in [0.05, 0.1) is 5.56 Å². The van der Waals surface area contributed by atoms with Gasteiger partial charge in [-0.2, -0.15) is 13.2 Å². The molecule has 9 heteroatoms. The van der Waals surface area contributed by atoms with E-state index in [1.54, 1.807) is 7.05 Å². The molecule has 0 aliphatic rings. The van der Waals surface area contributed by atoms with Gasteiger partial charge in [-0.3, -0.25) is 9.79 Å². The molecule has 0 aromatic heterocycles. The van der Waals surface area contributed by atoms with Crippen LogP contribution in [0.3, 0.4) is 0 Å². The number of halogens is 4. The topological polar surface area (TPSA) is 65.5 Å². The van der Waals surface area contributed by atoms with Crippen LogP contribution < -0.4 is 16.0 Å². The number of nitrogens with one attached hydrogen (secondary N) is 3. The molecule has 1 unspecified atom stereocenters. The number of hydrogen-bond acceptors (Lipinski definition) is 2. The fourth-order valence-electron chi connectivity index (χ4n) is 1.96. The summed E-state index contributed by atoms with van der Waals surface area (Å²) in [5, 5.41) is 8.86. The first kappa shape index (κ1) is 24.5. The van der Waals surface area contributed by atoms with Gasteiger partial charge in [-0.05, 0) is 31.0 Å². The van der Waals surface area contributed by atoms with Crippen LogP contribution in [0, 0.1) is 0 Å². The van der Waals surface area contributed by atoms with Crippen molar-refractivity contribution in [3.05, 3.63) is 35.4 Å². The second kappa shape index (κ2) is 12.0. The van der Waals surface area contributed by atoms with Crippen LogP contribution in [0.25, 0.3) is 0 Å². The number of amides is 1. The molecular formula is C17H26F3IN4O. The first-order chi connectivity index (χ1) is 11.8. The summed E-state index contributed by atoms with van der Waals surface area (Å²) < 4.78 is 37.6. The van der Waals surface area contributed by atoms with Gasteiger partial charge in [0.15, 0.2) is 5.96 Å². The zero-order valence-electron chi connectivity index (χ0n) is 15.1. The number of alkyl halides is 3. The molecule has 0 saturated carbocycles. The monoisotopic (exact) mass is 486 g/mol. The van der Waals surface area contributed by atoms with Crippen LogP contribution in [0.4, 0.5) is 13.2 Å². The second-order valence-corrected chi connectivity index (χ2v) is 5.67. The molecule has 0 fully saturated rings. The van der Waals surface area contributed by atoms with Crippen molar-refractivity contribution < 1.29 is 18.0 Å². The highest BCUT2D eigenvalue weighted by Gasteiger charge is 2.29. The van der Waals surface area contributed by atoms with E-state index in [1.165, 1.54) is 12.1 Å². The minimum atomic E-state index is -4.33. The van der Waals surface area contributed by atoms with Crippen molar-refractivity contribution in [1.29, 1.82) is 0 Å².